The molecular formula is C38H26O. The minimum atomic E-state index is 0.0907. The van der Waals surface area contributed by atoms with Gasteiger partial charge < -0.3 is 4.74 Å². The van der Waals surface area contributed by atoms with Gasteiger partial charge in [0, 0.05) is 11.5 Å². The van der Waals surface area contributed by atoms with Crippen LogP contribution in [0.2, 0.25) is 0 Å². The van der Waals surface area contributed by atoms with E-state index >= 15 is 0 Å². The second-order valence-corrected chi connectivity index (χ2v) is 10.4. The molecule has 1 aliphatic carbocycles. The van der Waals surface area contributed by atoms with E-state index in [4.69, 9.17) is 4.74 Å². The van der Waals surface area contributed by atoms with Crippen LogP contribution in [0.4, 0.5) is 0 Å². The summed E-state index contributed by atoms with van der Waals surface area (Å²) in [6, 6.07) is 44.1. The Morgan fingerprint density at radius 1 is 0.436 bits per heavy atom. The van der Waals surface area contributed by atoms with Crippen molar-refractivity contribution in [1.82, 2.24) is 0 Å². The largest absolute Gasteiger partial charge is 0.485 e. The lowest BCUT2D eigenvalue weighted by molar-refractivity contribution is 0.269. The highest BCUT2D eigenvalue weighted by atomic mass is 16.5. The smallest absolute Gasteiger partial charge is 0.128 e. The predicted molar refractivity (Wildman–Crippen MR) is 163 cm³/mol. The predicted octanol–water partition coefficient (Wildman–Crippen LogP) is 9.96. The lowest BCUT2D eigenvalue weighted by Crippen LogP contribution is -2.15. The molecule has 0 saturated heterocycles. The maximum atomic E-state index is 6.26. The van der Waals surface area contributed by atoms with Crippen molar-refractivity contribution in [3.05, 3.63) is 151 Å². The van der Waals surface area contributed by atoms with Crippen molar-refractivity contribution in [2.75, 3.05) is 0 Å². The zero-order valence-corrected chi connectivity index (χ0v) is 21.4. The van der Waals surface area contributed by atoms with E-state index in [1.807, 2.05) is 0 Å². The molecule has 1 nitrogen and oxygen atoms in total. The first kappa shape index (κ1) is 22.1. The van der Waals surface area contributed by atoms with Crippen LogP contribution in [-0.4, -0.2) is 6.10 Å². The summed E-state index contributed by atoms with van der Waals surface area (Å²) in [7, 11) is 0. The lowest BCUT2D eigenvalue weighted by Gasteiger charge is -2.19. The molecule has 0 fully saturated rings. The summed E-state index contributed by atoms with van der Waals surface area (Å²) in [4.78, 5) is 0. The van der Waals surface area contributed by atoms with Crippen molar-refractivity contribution in [2.45, 2.75) is 12.0 Å². The topological polar surface area (TPSA) is 9.23 Å². The third kappa shape index (κ3) is 3.55. The molecule has 0 bridgehead atoms. The van der Waals surface area contributed by atoms with Gasteiger partial charge in [-0.25, -0.2) is 0 Å². The van der Waals surface area contributed by atoms with Crippen LogP contribution < -0.4 is 4.74 Å². The van der Waals surface area contributed by atoms with E-state index in [1.54, 1.807) is 0 Å². The summed E-state index contributed by atoms with van der Waals surface area (Å²) in [5.41, 5.74) is 8.77. The zero-order chi connectivity index (χ0) is 25.8. The van der Waals surface area contributed by atoms with E-state index < -0.39 is 0 Å². The van der Waals surface area contributed by atoms with E-state index in [-0.39, 0.29) is 12.0 Å². The molecule has 1 heterocycles. The molecule has 1 aliphatic heterocycles. The van der Waals surface area contributed by atoms with E-state index in [0.717, 1.165) is 5.75 Å². The summed E-state index contributed by atoms with van der Waals surface area (Å²) in [5.74, 6) is 1.26. The first-order valence-corrected chi connectivity index (χ1v) is 13.6. The Morgan fingerprint density at radius 3 is 1.69 bits per heavy atom. The van der Waals surface area contributed by atoms with Gasteiger partial charge in [0.2, 0.25) is 0 Å². The van der Waals surface area contributed by atoms with Gasteiger partial charge in [-0.05, 0) is 79.2 Å². The number of hydrogen-bond acceptors (Lipinski definition) is 1. The number of rotatable bonds is 3. The number of benzene rings is 6. The second kappa shape index (κ2) is 8.85. The SMILES string of the molecule is C1=CC2Oc3ccc(-c4c5ccccc5c(-c5cccc(-c6ccccc6)c5)c5ccccc45)cc3C2C=C1. The van der Waals surface area contributed by atoms with E-state index in [0.29, 0.717) is 0 Å². The fourth-order valence-electron chi connectivity index (χ4n) is 6.43. The summed E-state index contributed by atoms with van der Waals surface area (Å²) in [6.45, 7) is 0. The van der Waals surface area contributed by atoms with Crippen LogP contribution in [0.1, 0.15) is 11.5 Å². The fraction of sp³-hybridized carbons (Fsp3) is 0.0526. The van der Waals surface area contributed by atoms with Crippen molar-refractivity contribution in [1.29, 1.82) is 0 Å². The van der Waals surface area contributed by atoms with E-state index in [9.17, 15) is 0 Å². The molecule has 6 aromatic carbocycles. The van der Waals surface area contributed by atoms with Gasteiger partial charge in [-0.15, -0.1) is 0 Å². The number of fused-ring (bicyclic) bond motifs is 5. The highest BCUT2D eigenvalue weighted by Gasteiger charge is 2.32. The molecule has 8 rings (SSSR count). The van der Waals surface area contributed by atoms with Crippen molar-refractivity contribution in [2.24, 2.45) is 0 Å². The average Bonchev–Trinajstić information content (AvgIpc) is 3.38. The molecule has 2 aliphatic rings. The first-order chi connectivity index (χ1) is 19.3. The Morgan fingerprint density at radius 2 is 1.00 bits per heavy atom. The van der Waals surface area contributed by atoms with Gasteiger partial charge in [0.1, 0.15) is 11.9 Å². The van der Waals surface area contributed by atoms with Crippen molar-refractivity contribution in [3.8, 4) is 39.1 Å². The minimum absolute atomic E-state index is 0.0907. The van der Waals surface area contributed by atoms with Gasteiger partial charge in [0.25, 0.3) is 0 Å². The van der Waals surface area contributed by atoms with Crippen molar-refractivity contribution < 1.29 is 4.74 Å². The average molecular weight is 499 g/mol. The second-order valence-electron chi connectivity index (χ2n) is 10.4. The fourth-order valence-corrected chi connectivity index (χ4v) is 6.43. The molecular weight excluding hydrogens is 472 g/mol. The Labute approximate surface area is 228 Å². The molecule has 2 atom stereocenters. The molecule has 0 radical (unpaired) electrons. The molecule has 6 aromatic rings. The molecule has 0 aromatic heterocycles. The van der Waals surface area contributed by atoms with Crippen LogP contribution in [0.3, 0.4) is 0 Å². The number of allylic oxidation sites excluding steroid dienone is 2. The Kier molecular flexibility index (Phi) is 5.03. The summed E-state index contributed by atoms with van der Waals surface area (Å²) in [5, 5.41) is 5.08. The Bertz CT molecular complexity index is 1890. The summed E-state index contributed by atoms with van der Waals surface area (Å²) in [6.07, 6.45) is 8.73. The summed E-state index contributed by atoms with van der Waals surface area (Å²) < 4.78 is 6.26. The molecule has 0 amide bonds. The first-order valence-electron chi connectivity index (χ1n) is 13.6. The Hall–Kier alpha value is -4.88. The third-order valence-corrected chi connectivity index (χ3v) is 8.19. The summed E-state index contributed by atoms with van der Waals surface area (Å²) >= 11 is 0. The van der Waals surface area contributed by atoms with Gasteiger partial charge in [-0.1, -0.05) is 121 Å². The Balaban J connectivity index is 1.39. The molecule has 1 heteroatoms. The number of ether oxygens (including phenoxy) is 1. The maximum Gasteiger partial charge on any atom is 0.128 e. The van der Waals surface area contributed by atoms with Gasteiger partial charge in [-0.3, -0.25) is 0 Å². The van der Waals surface area contributed by atoms with Crippen LogP contribution in [0.5, 0.6) is 5.75 Å². The van der Waals surface area contributed by atoms with E-state index in [2.05, 4.69) is 146 Å². The molecule has 0 spiro atoms. The van der Waals surface area contributed by atoms with Gasteiger partial charge in [0.15, 0.2) is 0 Å². The van der Waals surface area contributed by atoms with Crippen LogP contribution in [0.15, 0.2) is 146 Å². The molecule has 184 valence electrons. The maximum absolute atomic E-state index is 6.26. The monoisotopic (exact) mass is 498 g/mol. The quantitative estimate of drug-likeness (QED) is 0.221. The standard InChI is InChI=1S/C38H26O/c1-2-11-25(12-3-1)26-13-10-14-27(23-26)37-30-16-4-6-18-32(30)38(33-19-7-5-17-31(33)37)28-21-22-36-34(24-28)29-15-8-9-20-35(29)39-36/h1-24,29,35H. The van der Waals surface area contributed by atoms with Gasteiger partial charge in [-0.2, -0.15) is 0 Å². The number of hydrogen-bond donors (Lipinski definition) is 0. The van der Waals surface area contributed by atoms with Gasteiger partial charge >= 0.3 is 0 Å². The minimum Gasteiger partial charge on any atom is -0.485 e. The molecule has 39 heavy (non-hydrogen) atoms. The van der Waals surface area contributed by atoms with Crippen LogP contribution in [-0.2, 0) is 0 Å². The molecule has 0 saturated carbocycles. The highest BCUT2D eigenvalue weighted by Crippen LogP contribution is 2.47. The van der Waals surface area contributed by atoms with Crippen LogP contribution in [0.25, 0.3) is 54.9 Å². The zero-order valence-electron chi connectivity index (χ0n) is 21.4. The highest BCUT2D eigenvalue weighted by molar-refractivity contribution is 6.21. The third-order valence-electron chi connectivity index (χ3n) is 8.19. The van der Waals surface area contributed by atoms with Crippen molar-refractivity contribution in [3.63, 3.8) is 0 Å². The lowest BCUT2D eigenvalue weighted by atomic mass is 9.84. The van der Waals surface area contributed by atoms with Crippen LogP contribution >= 0.6 is 0 Å². The van der Waals surface area contributed by atoms with Crippen LogP contribution in [0, 0.1) is 0 Å². The van der Waals surface area contributed by atoms with E-state index in [1.165, 1.54) is 60.5 Å². The molecule has 2 unspecified atom stereocenters. The van der Waals surface area contributed by atoms with Gasteiger partial charge in [0.05, 0.1) is 0 Å². The normalized spacial score (nSPS) is 17.2. The molecule has 0 N–H and O–H groups in total. The van der Waals surface area contributed by atoms with Crippen molar-refractivity contribution >= 4 is 21.5 Å².